The molecule has 0 aromatic heterocycles. The van der Waals surface area contributed by atoms with Gasteiger partial charge in [0.2, 0.25) is 0 Å². The molecule has 2 rings (SSSR count). The van der Waals surface area contributed by atoms with Gasteiger partial charge in [-0.2, -0.15) is 5.26 Å². The zero-order valence-corrected chi connectivity index (χ0v) is 14.6. The number of amides is 1. The number of methoxy groups -OCH3 is 1. The van der Waals surface area contributed by atoms with E-state index in [1.54, 1.807) is 31.4 Å². The fraction of sp³-hybridized carbons (Fsp3) is 0.200. The predicted octanol–water partition coefficient (Wildman–Crippen LogP) is 4.02. The normalized spacial score (nSPS) is 10.7. The smallest absolute Gasteiger partial charge is 0.267 e. The second-order valence-corrected chi connectivity index (χ2v) is 5.46. The van der Waals surface area contributed by atoms with Crippen LogP contribution < -0.4 is 15.4 Å². The summed E-state index contributed by atoms with van der Waals surface area (Å²) in [4.78, 5) is 12.3. The molecule has 0 aliphatic heterocycles. The molecule has 0 aliphatic rings. The van der Waals surface area contributed by atoms with Gasteiger partial charge in [-0.1, -0.05) is 25.1 Å². The van der Waals surface area contributed by atoms with Gasteiger partial charge in [-0.25, -0.2) is 0 Å². The number of ether oxygens (including phenoxy) is 1. The summed E-state index contributed by atoms with van der Waals surface area (Å²) in [6, 6.07) is 14.8. The van der Waals surface area contributed by atoms with Crippen LogP contribution in [0.2, 0.25) is 0 Å². The highest BCUT2D eigenvalue weighted by Crippen LogP contribution is 2.21. The lowest BCUT2D eigenvalue weighted by Crippen LogP contribution is -2.14. The SMILES string of the molecule is CCc1cccc(C)c1N/C=C(/C#N)C(=O)Nc1ccc(OC)cc1. The maximum absolute atomic E-state index is 12.3. The Morgan fingerprint density at radius 1 is 1.24 bits per heavy atom. The van der Waals surface area contributed by atoms with Crippen molar-refractivity contribution in [2.24, 2.45) is 0 Å². The second kappa shape index (κ2) is 8.55. The highest BCUT2D eigenvalue weighted by atomic mass is 16.5. The number of hydrogen-bond donors (Lipinski definition) is 2. The lowest BCUT2D eigenvalue weighted by molar-refractivity contribution is -0.112. The van der Waals surface area contributed by atoms with Gasteiger partial charge in [-0.3, -0.25) is 4.79 Å². The zero-order valence-electron chi connectivity index (χ0n) is 14.6. The van der Waals surface area contributed by atoms with Crippen molar-refractivity contribution in [3.63, 3.8) is 0 Å². The molecule has 0 spiro atoms. The Labute approximate surface area is 147 Å². The molecular formula is C20H21N3O2. The Morgan fingerprint density at radius 2 is 1.96 bits per heavy atom. The summed E-state index contributed by atoms with van der Waals surface area (Å²) in [5.41, 5.74) is 3.71. The van der Waals surface area contributed by atoms with Crippen LogP contribution in [0.5, 0.6) is 5.75 Å². The van der Waals surface area contributed by atoms with Gasteiger partial charge < -0.3 is 15.4 Å². The summed E-state index contributed by atoms with van der Waals surface area (Å²) in [6.45, 7) is 4.05. The van der Waals surface area contributed by atoms with Crippen LogP contribution >= 0.6 is 0 Å². The molecule has 0 saturated carbocycles. The molecule has 0 aliphatic carbocycles. The summed E-state index contributed by atoms with van der Waals surface area (Å²) < 4.78 is 5.08. The van der Waals surface area contributed by atoms with Crippen LogP contribution in [0.4, 0.5) is 11.4 Å². The van der Waals surface area contributed by atoms with E-state index in [2.05, 4.69) is 17.6 Å². The number of hydrogen-bond acceptors (Lipinski definition) is 4. The summed E-state index contributed by atoms with van der Waals surface area (Å²) in [5, 5.41) is 15.1. The third kappa shape index (κ3) is 4.61. The molecule has 0 radical (unpaired) electrons. The molecule has 0 bridgehead atoms. The first kappa shape index (κ1) is 18.1. The van der Waals surface area contributed by atoms with Gasteiger partial charge in [0.1, 0.15) is 17.4 Å². The molecule has 0 unspecified atom stereocenters. The number of carbonyl (C=O) groups is 1. The van der Waals surface area contributed by atoms with Gasteiger partial charge >= 0.3 is 0 Å². The monoisotopic (exact) mass is 335 g/mol. The van der Waals surface area contributed by atoms with Crippen LogP contribution in [-0.4, -0.2) is 13.0 Å². The average molecular weight is 335 g/mol. The second-order valence-electron chi connectivity index (χ2n) is 5.46. The Balaban J connectivity index is 2.14. The average Bonchev–Trinajstić information content (AvgIpc) is 2.63. The number of anilines is 2. The molecule has 0 fully saturated rings. The minimum Gasteiger partial charge on any atom is -0.497 e. The Hall–Kier alpha value is -3.26. The summed E-state index contributed by atoms with van der Waals surface area (Å²) in [7, 11) is 1.58. The lowest BCUT2D eigenvalue weighted by Gasteiger charge is -2.11. The first-order chi connectivity index (χ1) is 12.1. The highest BCUT2D eigenvalue weighted by Gasteiger charge is 2.10. The molecule has 1 amide bonds. The topological polar surface area (TPSA) is 74.2 Å². The standard InChI is InChI=1S/C20H21N3O2/c1-4-15-7-5-6-14(2)19(15)22-13-16(12-21)20(24)23-17-8-10-18(25-3)11-9-17/h5-11,13,22H,4H2,1-3H3,(H,23,24)/b16-13-. The van der Waals surface area contributed by atoms with Gasteiger partial charge in [-0.05, 0) is 48.7 Å². The molecule has 2 aromatic rings. The maximum Gasteiger partial charge on any atom is 0.267 e. The van der Waals surface area contributed by atoms with Gasteiger partial charge in [0.05, 0.1) is 7.11 Å². The highest BCUT2D eigenvalue weighted by molar-refractivity contribution is 6.06. The largest absolute Gasteiger partial charge is 0.497 e. The van der Waals surface area contributed by atoms with Gasteiger partial charge in [0.15, 0.2) is 0 Å². The van der Waals surface area contributed by atoms with Crippen molar-refractivity contribution in [1.29, 1.82) is 5.26 Å². The van der Waals surface area contributed by atoms with Crippen molar-refractivity contribution in [3.8, 4) is 11.8 Å². The Morgan fingerprint density at radius 3 is 2.56 bits per heavy atom. The zero-order chi connectivity index (χ0) is 18.2. The number of carbonyl (C=O) groups excluding carboxylic acids is 1. The minimum absolute atomic E-state index is 0.00104. The van der Waals surface area contributed by atoms with E-state index in [-0.39, 0.29) is 5.57 Å². The molecule has 25 heavy (non-hydrogen) atoms. The Bertz CT molecular complexity index is 818. The number of nitriles is 1. The first-order valence-corrected chi connectivity index (χ1v) is 7.99. The Kier molecular flexibility index (Phi) is 6.19. The summed E-state index contributed by atoms with van der Waals surface area (Å²) >= 11 is 0. The van der Waals surface area contributed by atoms with Crippen LogP contribution in [0, 0.1) is 18.3 Å². The van der Waals surface area contributed by atoms with Gasteiger partial charge in [0, 0.05) is 17.6 Å². The summed E-state index contributed by atoms with van der Waals surface area (Å²) in [5.74, 6) is 0.231. The van der Waals surface area contributed by atoms with Crippen molar-refractivity contribution in [3.05, 3.63) is 65.4 Å². The third-order valence-corrected chi connectivity index (χ3v) is 3.81. The molecule has 0 saturated heterocycles. The van der Waals surface area contributed by atoms with E-state index in [0.717, 1.165) is 23.2 Å². The molecule has 128 valence electrons. The van der Waals surface area contributed by atoms with E-state index in [0.29, 0.717) is 11.4 Å². The van der Waals surface area contributed by atoms with Crippen molar-refractivity contribution < 1.29 is 9.53 Å². The van der Waals surface area contributed by atoms with Crippen molar-refractivity contribution in [2.45, 2.75) is 20.3 Å². The fourth-order valence-electron chi connectivity index (χ4n) is 2.40. The van der Waals surface area contributed by atoms with Crippen molar-refractivity contribution >= 4 is 17.3 Å². The molecular weight excluding hydrogens is 314 g/mol. The number of aryl methyl sites for hydroxylation is 2. The van der Waals surface area contributed by atoms with E-state index in [1.807, 2.05) is 31.2 Å². The lowest BCUT2D eigenvalue weighted by atomic mass is 10.1. The van der Waals surface area contributed by atoms with Crippen molar-refractivity contribution in [2.75, 3.05) is 17.7 Å². The van der Waals surface area contributed by atoms with Crippen LogP contribution in [0.1, 0.15) is 18.1 Å². The fourth-order valence-corrected chi connectivity index (χ4v) is 2.40. The van der Waals surface area contributed by atoms with Crippen molar-refractivity contribution in [1.82, 2.24) is 0 Å². The number of para-hydroxylation sites is 1. The van der Waals surface area contributed by atoms with Crippen LogP contribution in [0.25, 0.3) is 0 Å². The molecule has 2 N–H and O–H groups in total. The number of nitrogens with zero attached hydrogens (tertiary/aromatic N) is 1. The van der Waals surface area contributed by atoms with E-state index in [1.165, 1.54) is 6.20 Å². The number of rotatable bonds is 6. The van der Waals surface area contributed by atoms with Gasteiger partial charge in [0.25, 0.3) is 5.91 Å². The molecule has 0 atom stereocenters. The molecule has 0 heterocycles. The first-order valence-electron chi connectivity index (χ1n) is 7.99. The van der Waals surface area contributed by atoms with Crippen LogP contribution in [0.15, 0.2) is 54.2 Å². The van der Waals surface area contributed by atoms with Gasteiger partial charge in [-0.15, -0.1) is 0 Å². The maximum atomic E-state index is 12.3. The molecule has 5 nitrogen and oxygen atoms in total. The molecule has 5 heteroatoms. The van der Waals surface area contributed by atoms with E-state index in [4.69, 9.17) is 4.74 Å². The third-order valence-electron chi connectivity index (χ3n) is 3.81. The van der Waals surface area contributed by atoms with Crippen LogP contribution in [-0.2, 0) is 11.2 Å². The predicted molar refractivity (Wildman–Crippen MR) is 99.5 cm³/mol. The van der Waals surface area contributed by atoms with Crippen LogP contribution in [0.3, 0.4) is 0 Å². The van der Waals surface area contributed by atoms with E-state index < -0.39 is 5.91 Å². The number of nitrogens with one attached hydrogen (secondary N) is 2. The summed E-state index contributed by atoms with van der Waals surface area (Å²) in [6.07, 6.45) is 2.30. The minimum atomic E-state index is -0.466. The molecule has 2 aromatic carbocycles. The number of benzene rings is 2. The van der Waals surface area contributed by atoms with E-state index in [9.17, 15) is 10.1 Å². The quantitative estimate of drug-likeness (QED) is 0.617. The van der Waals surface area contributed by atoms with E-state index >= 15 is 0 Å².